The Labute approximate surface area is 121 Å². The smallest absolute Gasteiger partial charge is 0.262 e. The Balaban J connectivity index is 1.86. The Bertz CT molecular complexity index is 693. The van der Waals surface area contributed by atoms with Crippen LogP contribution < -0.4 is 5.32 Å². The van der Waals surface area contributed by atoms with Crippen molar-refractivity contribution >= 4 is 17.2 Å². The van der Waals surface area contributed by atoms with Crippen molar-refractivity contribution < 1.29 is 4.79 Å². The lowest BCUT2D eigenvalue weighted by Crippen LogP contribution is -2.35. The van der Waals surface area contributed by atoms with Crippen LogP contribution in [0, 0.1) is 18.3 Å². The molecule has 3 rings (SSSR count). The fraction of sp³-hybridized carbons (Fsp3) is 0.250. The maximum atomic E-state index is 12.2. The van der Waals surface area contributed by atoms with Crippen LogP contribution in [0.5, 0.6) is 0 Å². The summed E-state index contributed by atoms with van der Waals surface area (Å²) < 4.78 is 0. The summed E-state index contributed by atoms with van der Waals surface area (Å²) in [5.41, 5.74) is 1.60. The van der Waals surface area contributed by atoms with Crippen molar-refractivity contribution in [3.63, 3.8) is 0 Å². The van der Waals surface area contributed by atoms with Gasteiger partial charge in [0.1, 0.15) is 5.54 Å². The van der Waals surface area contributed by atoms with E-state index in [1.54, 1.807) is 0 Å². The molecule has 0 aliphatic heterocycles. The molecule has 0 atom stereocenters. The summed E-state index contributed by atoms with van der Waals surface area (Å²) in [6.07, 6.45) is 1.51. The van der Waals surface area contributed by atoms with Gasteiger partial charge in [0.2, 0.25) is 0 Å². The number of hydrogen-bond acceptors (Lipinski definition) is 3. The molecule has 3 nitrogen and oxygen atoms in total. The average molecular weight is 282 g/mol. The molecular weight excluding hydrogens is 268 g/mol. The standard InChI is InChI=1S/C16H14N2OS/c1-11-9-13(15(19)18-16(10-17)7-8-16)20-14(11)12-5-3-2-4-6-12/h2-6,9H,7-8H2,1H3,(H,18,19). The number of amides is 1. The van der Waals surface area contributed by atoms with E-state index in [0.717, 1.165) is 28.8 Å². The lowest BCUT2D eigenvalue weighted by Gasteiger charge is -2.06. The van der Waals surface area contributed by atoms with Gasteiger partial charge < -0.3 is 5.32 Å². The minimum absolute atomic E-state index is 0.140. The highest BCUT2D eigenvalue weighted by molar-refractivity contribution is 7.17. The fourth-order valence-corrected chi connectivity index (χ4v) is 3.21. The van der Waals surface area contributed by atoms with Crippen molar-refractivity contribution in [2.75, 3.05) is 0 Å². The monoisotopic (exact) mass is 282 g/mol. The van der Waals surface area contributed by atoms with Crippen LogP contribution in [0.4, 0.5) is 0 Å². The second-order valence-electron chi connectivity index (χ2n) is 5.14. The molecule has 0 bridgehead atoms. The van der Waals surface area contributed by atoms with E-state index < -0.39 is 5.54 Å². The number of nitriles is 1. The highest BCUT2D eigenvalue weighted by Crippen LogP contribution is 2.36. The Hall–Kier alpha value is -2.12. The molecule has 0 radical (unpaired) electrons. The molecule has 1 saturated carbocycles. The molecule has 1 N–H and O–H groups in total. The zero-order valence-electron chi connectivity index (χ0n) is 11.1. The molecule has 1 fully saturated rings. The summed E-state index contributed by atoms with van der Waals surface area (Å²) in [6.45, 7) is 2.01. The Morgan fingerprint density at radius 3 is 2.65 bits per heavy atom. The summed E-state index contributed by atoms with van der Waals surface area (Å²) in [5.74, 6) is -0.140. The van der Waals surface area contributed by atoms with E-state index in [9.17, 15) is 4.79 Å². The molecule has 1 aromatic heterocycles. The molecule has 2 aromatic rings. The second-order valence-corrected chi connectivity index (χ2v) is 6.19. The highest BCUT2D eigenvalue weighted by atomic mass is 32.1. The molecule has 20 heavy (non-hydrogen) atoms. The van der Waals surface area contributed by atoms with Crippen LogP contribution in [-0.4, -0.2) is 11.4 Å². The quantitative estimate of drug-likeness (QED) is 0.936. The first kappa shape index (κ1) is 12.9. The topological polar surface area (TPSA) is 52.9 Å². The van der Waals surface area contributed by atoms with Crippen LogP contribution in [0.15, 0.2) is 36.4 Å². The number of nitrogens with zero attached hydrogens (tertiary/aromatic N) is 1. The van der Waals surface area contributed by atoms with Crippen LogP contribution in [0.1, 0.15) is 28.1 Å². The normalized spacial score (nSPS) is 15.4. The van der Waals surface area contributed by atoms with Gasteiger partial charge in [-0.2, -0.15) is 5.26 Å². The number of thiophene rings is 1. The van der Waals surface area contributed by atoms with Gasteiger partial charge in [0.25, 0.3) is 5.91 Å². The zero-order chi connectivity index (χ0) is 14.2. The maximum absolute atomic E-state index is 12.2. The van der Waals surface area contributed by atoms with Gasteiger partial charge in [-0.1, -0.05) is 30.3 Å². The van der Waals surface area contributed by atoms with Gasteiger partial charge >= 0.3 is 0 Å². The minimum Gasteiger partial charge on any atom is -0.333 e. The first-order valence-corrected chi connectivity index (χ1v) is 7.35. The summed E-state index contributed by atoms with van der Waals surface area (Å²) >= 11 is 1.48. The van der Waals surface area contributed by atoms with Crippen molar-refractivity contribution in [2.24, 2.45) is 0 Å². The Morgan fingerprint density at radius 2 is 2.05 bits per heavy atom. The van der Waals surface area contributed by atoms with E-state index in [2.05, 4.69) is 11.4 Å². The predicted molar refractivity (Wildman–Crippen MR) is 79.5 cm³/mol. The average Bonchev–Trinajstić information content (AvgIpc) is 3.13. The van der Waals surface area contributed by atoms with Gasteiger partial charge in [0.15, 0.2) is 0 Å². The Kier molecular flexibility index (Phi) is 3.07. The van der Waals surface area contributed by atoms with E-state index in [1.807, 2.05) is 43.3 Å². The van der Waals surface area contributed by atoms with E-state index in [-0.39, 0.29) is 5.91 Å². The summed E-state index contributed by atoms with van der Waals surface area (Å²) in [4.78, 5) is 14.0. The summed E-state index contributed by atoms with van der Waals surface area (Å²) in [6, 6.07) is 14.1. The first-order valence-electron chi connectivity index (χ1n) is 6.53. The van der Waals surface area contributed by atoms with Gasteiger partial charge in [0, 0.05) is 4.88 Å². The van der Waals surface area contributed by atoms with Crippen molar-refractivity contribution in [1.29, 1.82) is 5.26 Å². The second kappa shape index (κ2) is 4.77. The van der Waals surface area contributed by atoms with E-state index in [0.29, 0.717) is 4.88 Å². The van der Waals surface area contributed by atoms with Crippen LogP contribution in [-0.2, 0) is 0 Å². The number of carbonyl (C=O) groups excluding carboxylic acids is 1. The molecule has 1 aliphatic carbocycles. The summed E-state index contributed by atoms with van der Waals surface area (Å²) in [7, 11) is 0. The van der Waals surface area contributed by atoms with E-state index in [4.69, 9.17) is 5.26 Å². The molecule has 1 amide bonds. The van der Waals surface area contributed by atoms with E-state index >= 15 is 0 Å². The highest BCUT2D eigenvalue weighted by Gasteiger charge is 2.44. The van der Waals surface area contributed by atoms with Crippen molar-refractivity contribution in [3.05, 3.63) is 46.8 Å². The zero-order valence-corrected chi connectivity index (χ0v) is 12.0. The van der Waals surface area contributed by atoms with Gasteiger partial charge in [-0.25, -0.2) is 0 Å². The van der Waals surface area contributed by atoms with Gasteiger partial charge in [-0.15, -0.1) is 11.3 Å². The van der Waals surface area contributed by atoms with Crippen molar-refractivity contribution in [2.45, 2.75) is 25.3 Å². The number of hydrogen-bond donors (Lipinski definition) is 1. The van der Waals surface area contributed by atoms with Gasteiger partial charge in [-0.3, -0.25) is 4.79 Å². The molecule has 4 heteroatoms. The Morgan fingerprint density at radius 1 is 1.35 bits per heavy atom. The fourth-order valence-electron chi connectivity index (χ4n) is 2.14. The molecule has 0 spiro atoms. The van der Waals surface area contributed by atoms with Gasteiger partial charge in [-0.05, 0) is 37.0 Å². The molecule has 100 valence electrons. The molecule has 0 saturated heterocycles. The molecule has 1 aromatic carbocycles. The van der Waals surface area contributed by atoms with E-state index in [1.165, 1.54) is 11.3 Å². The largest absolute Gasteiger partial charge is 0.333 e. The number of carbonyl (C=O) groups is 1. The summed E-state index contributed by atoms with van der Waals surface area (Å²) in [5, 5.41) is 11.9. The number of aryl methyl sites for hydroxylation is 1. The van der Waals surface area contributed by atoms with Gasteiger partial charge in [0.05, 0.1) is 10.9 Å². The first-order chi connectivity index (χ1) is 9.63. The third-order valence-corrected chi connectivity index (χ3v) is 4.78. The molecule has 1 aliphatic rings. The maximum Gasteiger partial charge on any atom is 0.262 e. The number of nitrogens with one attached hydrogen (secondary N) is 1. The lowest BCUT2D eigenvalue weighted by molar-refractivity contribution is 0.0945. The number of rotatable bonds is 3. The SMILES string of the molecule is Cc1cc(C(=O)NC2(C#N)CC2)sc1-c1ccccc1. The molecule has 1 heterocycles. The molecular formula is C16H14N2OS. The van der Waals surface area contributed by atoms with Crippen LogP contribution >= 0.6 is 11.3 Å². The van der Waals surface area contributed by atoms with Crippen LogP contribution in [0.25, 0.3) is 10.4 Å². The van der Waals surface area contributed by atoms with Crippen LogP contribution in [0.3, 0.4) is 0 Å². The third kappa shape index (κ3) is 2.33. The number of benzene rings is 1. The minimum atomic E-state index is -0.609. The molecule has 0 unspecified atom stereocenters. The van der Waals surface area contributed by atoms with Crippen molar-refractivity contribution in [1.82, 2.24) is 5.32 Å². The van der Waals surface area contributed by atoms with Crippen molar-refractivity contribution in [3.8, 4) is 16.5 Å². The lowest BCUT2D eigenvalue weighted by atomic mass is 10.1. The third-order valence-electron chi connectivity index (χ3n) is 3.49. The van der Waals surface area contributed by atoms with Crippen LogP contribution in [0.2, 0.25) is 0 Å². The predicted octanol–water partition coefficient (Wildman–Crippen LogP) is 3.51.